The normalized spacial score (nSPS) is 16.0. The molecule has 2 aliphatic heterocycles. The number of rotatable bonds is 0. The van der Waals surface area contributed by atoms with Gasteiger partial charge in [-0.15, -0.1) is 0 Å². The summed E-state index contributed by atoms with van der Waals surface area (Å²) in [7, 11) is 3.10. The molecule has 4 amide bonds. The number of aryl methyl sites for hydroxylation is 2. The number of nitrogens with zero attached hydrogens (tertiary/aromatic N) is 2. The molecule has 0 radical (unpaired) electrons. The van der Waals surface area contributed by atoms with Crippen molar-refractivity contribution in [2.45, 2.75) is 66.2 Å². The Hall–Kier alpha value is -4.32. The molecule has 7 rings (SSSR count). The van der Waals surface area contributed by atoms with Crippen molar-refractivity contribution >= 4 is 66.7 Å². The van der Waals surface area contributed by atoms with Crippen LogP contribution >= 0.6 is 0 Å². The first-order valence-electron chi connectivity index (χ1n) is 14.4. The molecule has 0 spiro atoms. The minimum atomic E-state index is -0.398. The molecule has 0 bridgehead atoms. The molecule has 0 aromatic heterocycles. The van der Waals surface area contributed by atoms with Gasteiger partial charge in [0.25, 0.3) is 23.6 Å². The second kappa shape index (κ2) is 7.74. The Kier molecular flexibility index (Phi) is 4.90. The highest BCUT2D eigenvalue weighted by atomic mass is 16.2. The number of carbonyl (C=O) groups is 4. The van der Waals surface area contributed by atoms with Gasteiger partial charge >= 0.3 is 0 Å². The molecule has 212 valence electrons. The van der Waals surface area contributed by atoms with Crippen LogP contribution in [-0.4, -0.2) is 47.5 Å². The van der Waals surface area contributed by atoms with Crippen molar-refractivity contribution in [3.05, 3.63) is 68.8 Å². The zero-order chi connectivity index (χ0) is 30.5. The Morgan fingerprint density at radius 1 is 0.476 bits per heavy atom. The van der Waals surface area contributed by atoms with E-state index < -0.39 is 5.41 Å². The maximum Gasteiger partial charge on any atom is 0.261 e. The Labute approximate surface area is 244 Å². The Morgan fingerprint density at radius 3 is 1.50 bits per heavy atom. The summed E-state index contributed by atoms with van der Waals surface area (Å²) in [5.41, 5.74) is 5.13. The van der Waals surface area contributed by atoms with Gasteiger partial charge in [-0.2, -0.15) is 0 Å². The number of carbonyl (C=O) groups excluding carboxylic acids is 4. The predicted molar refractivity (Wildman–Crippen MR) is 167 cm³/mol. The average Bonchev–Trinajstić information content (AvgIpc) is 2.90. The van der Waals surface area contributed by atoms with E-state index >= 15 is 0 Å². The molecule has 2 aliphatic rings. The molecule has 5 aromatic rings. The third-order valence-corrected chi connectivity index (χ3v) is 9.46. The summed E-state index contributed by atoms with van der Waals surface area (Å²) in [6.07, 6.45) is 0. The molecule has 0 saturated heterocycles. The Balaban J connectivity index is 1.92. The predicted octanol–water partition coefficient (Wildman–Crippen LogP) is 7.40. The van der Waals surface area contributed by atoms with E-state index in [0.29, 0.717) is 33.0 Å². The van der Waals surface area contributed by atoms with Gasteiger partial charge < -0.3 is 0 Å². The van der Waals surface area contributed by atoms with Crippen LogP contribution < -0.4 is 0 Å². The van der Waals surface area contributed by atoms with Crippen molar-refractivity contribution in [1.82, 2.24) is 9.80 Å². The number of hydrogen-bond donors (Lipinski definition) is 0. The minimum Gasteiger partial charge on any atom is -0.277 e. The van der Waals surface area contributed by atoms with Crippen molar-refractivity contribution < 1.29 is 19.2 Å². The van der Waals surface area contributed by atoms with Gasteiger partial charge in [-0.05, 0) is 104 Å². The standard InChI is InChI=1S/C36H34N2O4/c1-15-11-18-25-20(33(41)37(9)31(18)39)14-21(35(3,4)5)28-24-16(2)12-19-27-26(24)17(23(15)30(25)28)13-22(36(6,7)8)29(27)34(42)38(10)32(19)40/h11-14H,1-10H3. The van der Waals surface area contributed by atoms with Gasteiger partial charge in [-0.25, -0.2) is 0 Å². The number of imide groups is 2. The summed E-state index contributed by atoms with van der Waals surface area (Å²) in [6.45, 7) is 16.7. The van der Waals surface area contributed by atoms with E-state index in [-0.39, 0.29) is 29.0 Å². The van der Waals surface area contributed by atoms with Gasteiger partial charge in [0.05, 0.1) is 5.56 Å². The van der Waals surface area contributed by atoms with Crippen LogP contribution in [0.3, 0.4) is 0 Å². The lowest BCUT2D eigenvalue weighted by atomic mass is 9.72. The SMILES string of the molecule is Cc1cc2c3c(c(C(C)(C)C)cc4c5c(C)cc6c7c(cc(C(C)(C)C)c(c1c34)c75)C(=O)N(C)C6=O)C(=O)N(C)C2=O. The summed E-state index contributed by atoms with van der Waals surface area (Å²) in [5.74, 6) is -1.20. The molecule has 0 aliphatic carbocycles. The first kappa shape index (κ1) is 26.6. The number of fused-ring (bicyclic) bond motifs is 2. The van der Waals surface area contributed by atoms with Crippen LogP contribution in [0.5, 0.6) is 0 Å². The van der Waals surface area contributed by atoms with Gasteiger partial charge in [-0.3, -0.25) is 29.0 Å². The van der Waals surface area contributed by atoms with E-state index in [4.69, 9.17) is 0 Å². The first-order chi connectivity index (χ1) is 19.5. The van der Waals surface area contributed by atoms with Crippen LogP contribution in [0.4, 0.5) is 0 Å². The molecule has 6 nitrogen and oxygen atoms in total. The maximum absolute atomic E-state index is 13.9. The van der Waals surface area contributed by atoms with Crippen LogP contribution in [0, 0.1) is 13.8 Å². The fourth-order valence-corrected chi connectivity index (χ4v) is 7.47. The number of amides is 4. The Morgan fingerprint density at radius 2 is 0.952 bits per heavy atom. The van der Waals surface area contributed by atoms with E-state index in [1.807, 2.05) is 32.0 Å². The lowest BCUT2D eigenvalue weighted by Crippen LogP contribution is -2.39. The van der Waals surface area contributed by atoms with Gasteiger partial charge in [0, 0.05) is 41.6 Å². The highest BCUT2D eigenvalue weighted by Gasteiger charge is 2.40. The molecule has 0 saturated carbocycles. The summed E-state index contributed by atoms with van der Waals surface area (Å²) in [4.78, 5) is 57.2. The maximum atomic E-state index is 13.9. The molecule has 42 heavy (non-hydrogen) atoms. The van der Waals surface area contributed by atoms with Crippen molar-refractivity contribution in [3.63, 3.8) is 0 Å². The minimum absolute atomic E-state index is 0.290. The highest BCUT2D eigenvalue weighted by Crippen LogP contribution is 2.52. The lowest BCUT2D eigenvalue weighted by Gasteiger charge is -2.34. The molecule has 0 unspecified atom stereocenters. The van der Waals surface area contributed by atoms with E-state index in [1.165, 1.54) is 9.80 Å². The van der Waals surface area contributed by atoms with Crippen molar-refractivity contribution in [3.8, 4) is 0 Å². The summed E-state index contributed by atoms with van der Waals surface area (Å²) in [6, 6.07) is 7.92. The quantitative estimate of drug-likeness (QED) is 0.113. The van der Waals surface area contributed by atoms with E-state index in [1.54, 1.807) is 14.1 Å². The smallest absolute Gasteiger partial charge is 0.261 e. The van der Waals surface area contributed by atoms with Crippen LogP contribution in [0.25, 0.3) is 43.1 Å². The zero-order valence-electron chi connectivity index (χ0n) is 25.8. The van der Waals surface area contributed by atoms with E-state index in [0.717, 1.165) is 54.6 Å². The van der Waals surface area contributed by atoms with Gasteiger partial charge in [0.1, 0.15) is 0 Å². The molecular formula is C36H34N2O4. The van der Waals surface area contributed by atoms with Crippen molar-refractivity contribution in [1.29, 1.82) is 0 Å². The summed E-state index contributed by atoms with van der Waals surface area (Å²) < 4.78 is 0. The number of benzene rings is 5. The van der Waals surface area contributed by atoms with Gasteiger partial charge in [0.15, 0.2) is 0 Å². The zero-order valence-corrected chi connectivity index (χ0v) is 25.8. The highest BCUT2D eigenvalue weighted by molar-refractivity contribution is 6.43. The largest absolute Gasteiger partial charge is 0.277 e. The van der Waals surface area contributed by atoms with E-state index in [9.17, 15) is 19.2 Å². The first-order valence-corrected chi connectivity index (χ1v) is 14.4. The van der Waals surface area contributed by atoms with Crippen LogP contribution in [0.2, 0.25) is 0 Å². The van der Waals surface area contributed by atoms with Crippen LogP contribution in [0.15, 0.2) is 24.3 Å². The molecule has 5 aromatic carbocycles. The van der Waals surface area contributed by atoms with Gasteiger partial charge in [0.2, 0.25) is 0 Å². The second-order valence-corrected chi connectivity index (χ2v) is 14.3. The topological polar surface area (TPSA) is 74.8 Å². The third kappa shape index (κ3) is 3.00. The Bertz CT molecular complexity index is 2170. The summed E-state index contributed by atoms with van der Waals surface area (Å²) >= 11 is 0. The molecule has 0 N–H and O–H groups in total. The fraction of sp³-hybridized carbons (Fsp3) is 0.333. The van der Waals surface area contributed by atoms with Crippen LogP contribution in [-0.2, 0) is 10.8 Å². The molecule has 0 fully saturated rings. The van der Waals surface area contributed by atoms with Crippen molar-refractivity contribution in [2.24, 2.45) is 0 Å². The van der Waals surface area contributed by atoms with Crippen LogP contribution in [0.1, 0.15) is 105 Å². The van der Waals surface area contributed by atoms with Crippen molar-refractivity contribution in [2.75, 3.05) is 14.1 Å². The molecule has 2 heterocycles. The number of hydrogen-bond acceptors (Lipinski definition) is 4. The monoisotopic (exact) mass is 558 g/mol. The molecule has 0 atom stereocenters. The average molecular weight is 559 g/mol. The van der Waals surface area contributed by atoms with E-state index in [2.05, 4.69) is 47.6 Å². The third-order valence-electron chi connectivity index (χ3n) is 9.46. The summed E-state index contributed by atoms with van der Waals surface area (Å²) in [5, 5.41) is 7.05. The second-order valence-electron chi connectivity index (χ2n) is 14.3. The lowest BCUT2D eigenvalue weighted by molar-refractivity contribution is 0.0634. The molecule has 6 heteroatoms. The molecular weight excluding hydrogens is 524 g/mol. The fourth-order valence-electron chi connectivity index (χ4n) is 7.47. The van der Waals surface area contributed by atoms with Gasteiger partial charge in [-0.1, -0.05) is 41.5 Å².